The molecule has 2 aromatic carbocycles. The molecule has 1 unspecified atom stereocenters. The second-order valence-corrected chi connectivity index (χ2v) is 5.59. The van der Waals surface area contributed by atoms with Crippen molar-refractivity contribution in [2.45, 2.75) is 12.3 Å². The summed E-state index contributed by atoms with van der Waals surface area (Å²) >= 11 is 0. The fourth-order valence-corrected chi connectivity index (χ4v) is 2.50. The number of non-ortho nitro benzene ring substituents is 1. The number of hydrogen-bond acceptors (Lipinski definition) is 5. The van der Waals surface area contributed by atoms with Crippen molar-refractivity contribution in [2.24, 2.45) is 0 Å². The third-order valence-corrected chi connectivity index (χ3v) is 3.73. The molecule has 0 radical (unpaired) electrons. The number of nitrogens with zero attached hydrogens (tertiary/aromatic N) is 1. The molecule has 0 saturated heterocycles. The minimum atomic E-state index is -5.02. The van der Waals surface area contributed by atoms with E-state index in [1.54, 1.807) is 0 Å². The lowest BCUT2D eigenvalue weighted by Gasteiger charge is -2.28. The largest absolute Gasteiger partial charge is 0.478 e. The molecule has 1 N–H and O–H groups in total. The van der Waals surface area contributed by atoms with Crippen LogP contribution in [-0.2, 0) is 4.79 Å². The van der Waals surface area contributed by atoms with Gasteiger partial charge < -0.3 is 14.6 Å². The van der Waals surface area contributed by atoms with Gasteiger partial charge in [-0.05, 0) is 18.2 Å². The van der Waals surface area contributed by atoms with E-state index in [0.29, 0.717) is 6.07 Å². The van der Waals surface area contributed by atoms with Gasteiger partial charge in [0, 0.05) is 11.6 Å². The third kappa shape index (κ3) is 3.59. The van der Waals surface area contributed by atoms with Crippen LogP contribution in [-0.4, -0.2) is 28.3 Å². The number of carbonyl (C=O) groups is 1. The van der Waals surface area contributed by atoms with Crippen molar-refractivity contribution in [1.82, 2.24) is 0 Å². The van der Waals surface area contributed by atoms with E-state index in [9.17, 15) is 32.5 Å². The van der Waals surface area contributed by atoms with E-state index < -0.39 is 51.7 Å². The number of aliphatic carboxylic acids is 1. The molecule has 1 heterocycles. The van der Waals surface area contributed by atoms with Crippen LogP contribution in [0.2, 0.25) is 0 Å². The lowest BCUT2D eigenvalue weighted by molar-refractivity contribution is -0.385. The van der Waals surface area contributed by atoms with Crippen LogP contribution >= 0.6 is 0 Å². The molecular formula is C17H9F4NO6. The van der Waals surface area contributed by atoms with Crippen molar-refractivity contribution in [2.75, 3.05) is 0 Å². The zero-order valence-corrected chi connectivity index (χ0v) is 13.6. The van der Waals surface area contributed by atoms with Crippen molar-refractivity contribution < 1.29 is 41.9 Å². The topological polar surface area (TPSA) is 98.9 Å². The summed E-state index contributed by atoms with van der Waals surface area (Å²) in [6.45, 7) is 0. The Morgan fingerprint density at radius 1 is 1.21 bits per heavy atom. The Hall–Kier alpha value is -3.63. The zero-order valence-electron chi connectivity index (χ0n) is 13.6. The SMILES string of the molecule is O=C(O)C1=Cc2cccc(Oc3ccc([N+](=O)[O-])cc3F)c2OC1C(F)(F)F. The molecule has 0 aromatic heterocycles. The summed E-state index contributed by atoms with van der Waals surface area (Å²) in [6.07, 6.45) is -6.98. The first kappa shape index (κ1) is 19.1. The van der Waals surface area contributed by atoms with Gasteiger partial charge in [-0.15, -0.1) is 0 Å². The number of carboxylic acids is 1. The van der Waals surface area contributed by atoms with Gasteiger partial charge in [-0.2, -0.15) is 13.2 Å². The first-order chi connectivity index (χ1) is 13.1. The molecule has 0 amide bonds. The number of para-hydroxylation sites is 1. The smallest absolute Gasteiger partial charge is 0.430 e. The molecule has 2 aromatic rings. The molecule has 7 nitrogen and oxygen atoms in total. The lowest BCUT2D eigenvalue weighted by atomic mass is 10.0. The standard InChI is InChI=1S/C17H9F4NO6/c18-11-7-9(22(25)26)4-5-12(11)27-13-3-1-2-8-6-10(16(23)24)15(17(19,20)21)28-14(8)13/h1-7,15H,(H,23,24). The van der Waals surface area contributed by atoms with Crippen LogP contribution in [0.3, 0.4) is 0 Å². The molecule has 0 spiro atoms. The fraction of sp³-hybridized carbons (Fsp3) is 0.118. The number of fused-ring (bicyclic) bond motifs is 1. The Labute approximate surface area is 153 Å². The van der Waals surface area contributed by atoms with Crippen molar-refractivity contribution in [3.8, 4) is 17.2 Å². The zero-order chi connectivity index (χ0) is 20.6. The molecule has 0 saturated carbocycles. The van der Waals surface area contributed by atoms with Crippen molar-refractivity contribution in [3.05, 3.63) is 63.5 Å². The first-order valence-electron chi connectivity index (χ1n) is 7.51. The van der Waals surface area contributed by atoms with Crippen LogP contribution in [0.25, 0.3) is 6.08 Å². The molecule has 1 aliphatic rings. The average Bonchev–Trinajstić information content (AvgIpc) is 2.61. The van der Waals surface area contributed by atoms with E-state index in [1.807, 2.05) is 0 Å². The molecule has 28 heavy (non-hydrogen) atoms. The van der Waals surface area contributed by atoms with E-state index in [4.69, 9.17) is 14.6 Å². The second kappa shape index (κ2) is 6.83. The van der Waals surface area contributed by atoms with Crippen LogP contribution in [0.4, 0.5) is 23.2 Å². The maximum Gasteiger partial charge on any atom is 0.430 e. The summed E-state index contributed by atoms with van der Waals surface area (Å²) in [5.74, 6) is -4.16. The third-order valence-electron chi connectivity index (χ3n) is 3.73. The number of nitro benzene ring substituents is 1. The van der Waals surface area contributed by atoms with Crippen LogP contribution in [0.15, 0.2) is 42.0 Å². The van der Waals surface area contributed by atoms with Gasteiger partial charge in [-0.25, -0.2) is 9.18 Å². The molecule has 11 heteroatoms. The Morgan fingerprint density at radius 3 is 2.50 bits per heavy atom. The predicted molar refractivity (Wildman–Crippen MR) is 85.7 cm³/mol. The summed E-state index contributed by atoms with van der Waals surface area (Å²) in [7, 11) is 0. The quantitative estimate of drug-likeness (QED) is 0.467. The Bertz CT molecular complexity index is 1000. The van der Waals surface area contributed by atoms with Gasteiger partial charge in [-0.3, -0.25) is 10.1 Å². The molecule has 146 valence electrons. The highest BCUT2D eigenvalue weighted by atomic mass is 19.4. The van der Waals surface area contributed by atoms with Gasteiger partial charge in [-0.1, -0.05) is 12.1 Å². The van der Waals surface area contributed by atoms with Gasteiger partial charge in [0.2, 0.25) is 6.10 Å². The van der Waals surface area contributed by atoms with Gasteiger partial charge in [0.25, 0.3) is 5.69 Å². The van der Waals surface area contributed by atoms with E-state index in [-0.39, 0.29) is 11.3 Å². The van der Waals surface area contributed by atoms with Crippen LogP contribution in [0.1, 0.15) is 5.56 Å². The van der Waals surface area contributed by atoms with E-state index in [1.165, 1.54) is 18.2 Å². The highest BCUT2D eigenvalue weighted by molar-refractivity contribution is 5.95. The van der Waals surface area contributed by atoms with E-state index in [0.717, 1.165) is 18.2 Å². The minimum Gasteiger partial charge on any atom is -0.478 e. The maximum absolute atomic E-state index is 14.0. The Balaban J connectivity index is 2.03. The molecule has 1 aliphatic heterocycles. The number of benzene rings is 2. The number of halogens is 4. The predicted octanol–water partition coefficient (Wildman–Crippen LogP) is 4.32. The molecule has 1 atom stereocenters. The normalized spacial score (nSPS) is 15.9. The first-order valence-corrected chi connectivity index (χ1v) is 7.51. The molecule has 0 bridgehead atoms. The summed E-state index contributed by atoms with van der Waals surface area (Å²) in [4.78, 5) is 21.0. The van der Waals surface area contributed by atoms with Crippen molar-refractivity contribution in [3.63, 3.8) is 0 Å². The lowest BCUT2D eigenvalue weighted by Crippen LogP contribution is -2.40. The number of ether oxygens (including phenoxy) is 2. The molecule has 0 fully saturated rings. The van der Waals surface area contributed by atoms with Gasteiger partial charge >= 0.3 is 12.1 Å². The highest BCUT2D eigenvalue weighted by Gasteiger charge is 2.49. The fourth-order valence-electron chi connectivity index (χ4n) is 2.50. The number of nitro groups is 1. The monoisotopic (exact) mass is 399 g/mol. The number of hydrogen-bond donors (Lipinski definition) is 1. The Morgan fingerprint density at radius 2 is 1.93 bits per heavy atom. The number of carboxylic acid groups (broad SMARTS) is 1. The average molecular weight is 399 g/mol. The van der Waals surface area contributed by atoms with Crippen LogP contribution in [0, 0.1) is 15.9 Å². The maximum atomic E-state index is 14.0. The summed E-state index contributed by atoms with van der Waals surface area (Å²) in [5, 5.41) is 19.7. The van der Waals surface area contributed by atoms with Gasteiger partial charge in [0.15, 0.2) is 23.1 Å². The second-order valence-electron chi connectivity index (χ2n) is 5.59. The van der Waals surface area contributed by atoms with Gasteiger partial charge in [0.05, 0.1) is 16.6 Å². The van der Waals surface area contributed by atoms with Gasteiger partial charge in [0.1, 0.15) is 0 Å². The van der Waals surface area contributed by atoms with Crippen LogP contribution < -0.4 is 9.47 Å². The summed E-state index contributed by atoms with van der Waals surface area (Å²) < 4.78 is 63.7. The number of rotatable bonds is 4. The van der Waals surface area contributed by atoms with Crippen molar-refractivity contribution in [1.29, 1.82) is 0 Å². The van der Waals surface area contributed by atoms with Crippen molar-refractivity contribution >= 4 is 17.7 Å². The Kier molecular flexibility index (Phi) is 4.67. The highest BCUT2D eigenvalue weighted by Crippen LogP contribution is 2.43. The number of alkyl halides is 3. The summed E-state index contributed by atoms with van der Waals surface area (Å²) in [5.41, 5.74) is -1.57. The minimum absolute atomic E-state index is 0.0160. The van der Waals surface area contributed by atoms with E-state index >= 15 is 0 Å². The molecule has 3 rings (SSSR count). The van der Waals surface area contributed by atoms with E-state index in [2.05, 4.69) is 0 Å². The molecule has 0 aliphatic carbocycles. The van der Waals surface area contributed by atoms with Crippen LogP contribution in [0.5, 0.6) is 17.2 Å². The molecular weight excluding hydrogens is 390 g/mol. The summed E-state index contributed by atoms with van der Waals surface area (Å²) in [6, 6.07) is 6.30.